The Morgan fingerprint density at radius 3 is 0.880 bits per heavy atom. The van der Waals surface area contributed by atoms with Gasteiger partial charge < -0.3 is 25.9 Å². The van der Waals surface area contributed by atoms with Crippen LogP contribution in [0.4, 0.5) is 0 Å². The highest BCUT2D eigenvalue weighted by atomic mass is 28.5. The molecule has 0 spiro atoms. The monoisotopic (exact) mass is 412 g/mol. The predicted molar refractivity (Wildman–Crippen MR) is 90.0 cm³/mol. The molecule has 0 aliphatic rings. The van der Waals surface area contributed by atoms with Crippen LogP contribution in [0.15, 0.2) is 0 Å². The van der Waals surface area contributed by atoms with Crippen LogP contribution in [0.25, 0.3) is 0 Å². The summed E-state index contributed by atoms with van der Waals surface area (Å²) in [5.41, 5.74) is 0. The Bertz CT molecular complexity index is 469. The van der Waals surface area contributed by atoms with Crippen molar-refractivity contribution in [1.82, 2.24) is 0 Å². The van der Waals surface area contributed by atoms with E-state index in [2.05, 4.69) is 0 Å². The van der Waals surface area contributed by atoms with Crippen molar-refractivity contribution in [2.24, 2.45) is 0 Å². The molecule has 0 unspecified atom stereocenters. The first-order chi connectivity index (χ1) is 11.1. The number of carbonyl (C=O) groups is 4. The van der Waals surface area contributed by atoms with E-state index < -0.39 is 50.0 Å². The Kier molecular flexibility index (Phi) is 8.16. The molecule has 0 aliphatic heterocycles. The minimum absolute atomic E-state index is 0.694. The summed E-state index contributed by atoms with van der Waals surface area (Å²) in [4.78, 5) is 45.2. The lowest BCUT2D eigenvalue weighted by Gasteiger charge is -2.36. The second-order valence-corrected chi connectivity index (χ2v) is 14.4. The van der Waals surface area contributed by atoms with Crippen LogP contribution in [0, 0.1) is 0 Å². The summed E-state index contributed by atoms with van der Waals surface area (Å²) < 4.78 is 31.7. The molecule has 10 nitrogen and oxygen atoms in total. The molecule has 25 heavy (non-hydrogen) atoms. The van der Waals surface area contributed by atoms with Gasteiger partial charge in [-0.05, 0) is 13.1 Å². The zero-order chi connectivity index (χ0) is 20.1. The summed E-state index contributed by atoms with van der Waals surface area (Å²) in [7, 11) is -10.7. The zero-order valence-corrected chi connectivity index (χ0v) is 18.6. The number of hydrogen-bond donors (Lipinski definition) is 0. The van der Waals surface area contributed by atoms with E-state index >= 15 is 0 Å². The molecule has 0 fully saturated rings. The molecule has 13 heteroatoms. The van der Waals surface area contributed by atoms with Crippen LogP contribution >= 0.6 is 0 Å². The maximum Gasteiger partial charge on any atom is 0.623 e. The van der Waals surface area contributed by atoms with E-state index in [4.69, 9.17) is 25.9 Å². The fourth-order valence-electron chi connectivity index (χ4n) is 2.08. The van der Waals surface area contributed by atoms with Gasteiger partial charge in [-0.15, -0.1) is 0 Å². The minimum atomic E-state index is -3.71. The van der Waals surface area contributed by atoms with Crippen LogP contribution in [-0.4, -0.2) is 50.0 Å². The van der Waals surface area contributed by atoms with Gasteiger partial charge in [-0.2, -0.15) is 0 Å². The van der Waals surface area contributed by atoms with Crippen molar-refractivity contribution in [3.63, 3.8) is 0 Å². The summed E-state index contributed by atoms with van der Waals surface area (Å²) >= 11 is 0. The normalized spacial score (nSPS) is 12.2. The van der Waals surface area contributed by atoms with Crippen molar-refractivity contribution in [3.05, 3.63) is 0 Å². The van der Waals surface area contributed by atoms with E-state index in [9.17, 15) is 19.2 Å². The van der Waals surface area contributed by atoms with Gasteiger partial charge in [0.25, 0.3) is 23.9 Å². The maximum absolute atomic E-state index is 11.3. The van der Waals surface area contributed by atoms with E-state index in [1.807, 2.05) is 0 Å². The topological polar surface area (TPSA) is 124 Å². The Morgan fingerprint density at radius 1 is 0.520 bits per heavy atom. The molecule has 0 rings (SSSR count). The zero-order valence-electron chi connectivity index (χ0n) is 15.6. The summed E-state index contributed by atoms with van der Waals surface area (Å²) in [6.45, 7) is 10.4. The summed E-state index contributed by atoms with van der Waals surface area (Å²) in [5.74, 6) is -2.78. The molecule has 0 saturated carbocycles. The van der Waals surface area contributed by atoms with Crippen LogP contribution in [0.5, 0.6) is 0 Å². The maximum atomic E-state index is 11.3. The Balaban J connectivity index is 5.46. The minimum Gasteiger partial charge on any atom is -0.465 e. The van der Waals surface area contributed by atoms with Crippen molar-refractivity contribution in [2.45, 2.75) is 53.9 Å². The lowest BCUT2D eigenvalue weighted by atomic mass is 10.9. The molecule has 0 atom stereocenters. The van der Waals surface area contributed by atoms with Gasteiger partial charge in [-0.25, -0.2) is 0 Å². The van der Waals surface area contributed by atoms with Gasteiger partial charge in [0.1, 0.15) is 0 Å². The lowest BCUT2D eigenvalue weighted by Crippen LogP contribution is -2.59. The van der Waals surface area contributed by atoms with Gasteiger partial charge in [0.05, 0.1) is 0 Å². The third-order valence-electron chi connectivity index (χ3n) is 2.18. The predicted octanol–water partition coefficient (Wildman–Crippen LogP) is 1.11. The highest BCUT2D eigenvalue weighted by Crippen LogP contribution is 2.24. The largest absolute Gasteiger partial charge is 0.623 e. The number of carbonyl (C=O) groups excluding carboxylic acids is 4. The standard InChI is InChI=1S/C12H24O10Si3/c1-9(13)17-24(7,18-10(2)14)21-23(5,6)22-25(8,19-11(3)15)20-12(4)16/h1-8H3. The van der Waals surface area contributed by atoms with Crippen molar-refractivity contribution < 1.29 is 45.1 Å². The Hall–Kier alpha value is -1.55. The quantitative estimate of drug-likeness (QED) is 0.535. The van der Waals surface area contributed by atoms with E-state index in [-0.39, 0.29) is 0 Å². The second kappa shape index (κ2) is 8.70. The molecule has 0 saturated heterocycles. The average Bonchev–Trinajstić information content (AvgIpc) is 2.18. The van der Waals surface area contributed by atoms with Crippen molar-refractivity contribution in [3.8, 4) is 0 Å². The van der Waals surface area contributed by atoms with Gasteiger partial charge in [0, 0.05) is 40.8 Å². The van der Waals surface area contributed by atoms with Crippen LogP contribution in [0.1, 0.15) is 27.7 Å². The molecule has 0 aromatic heterocycles. The van der Waals surface area contributed by atoms with E-state index in [1.165, 1.54) is 13.1 Å². The lowest BCUT2D eigenvalue weighted by molar-refractivity contribution is -0.142. The summed E-state index contributed by atoms with van der Waals surface area (Å²) in [5, 5.41) is 0. The SMILES string of the molecule is CC(=O)O[Si](C)(OC(C)=O)O[Si](C)(C)O[Si](C)(OC(C)=O)OC(C)=O. The molecule has 0 bridgehead atoms. The molecule has 0 heterocycles. The van der Waals surface area contributed by atoms with Crippen LogP contribution in [0.2, 0.25) is 26.2 Å². The second-order valence-electron chi connectivity index (χ2n) is 5.70. The average molecular weight is 413 g/mol. The first-order valence-electron chi connectivity index (χ1n) is 7.27. The molecular weight excluding hydrogens is 388 g/mol. The van der Waals surface area contributed by atoms with Gasteiger partial charge in [0.2, 0.25) is 0 Å². The molecule has 0 aromatic rings. The fraction of sp³-hybridized carbons (Fsp3) is 0.667. The van der Waals surface area contributed by atoms with Gasteiger partial charge >= 0.3 is 26.2 Å². The molecule has 0 amide bonds. The Morgan fingerprint density at radius 2 is 0.720 bits per heavy atom. The van der Waals surface area contributed by atoms with Gasteiger partial charge in [-0.3, -0.25) is 19.2 Å². The third kappa shape index (κ3) is 10.1. The highest BCUT2D eigenvalue weighted by Gasteiger charge is 2.54. The van der Waals surface area contributed by atoms with Crippen molar-refractivity contribution >= 4 is 50.0 Å². The van der Waals surface area contributed by atoms with E-state index in [0.29, 0.717) is 0 Å². The van der Waals surface area contributed by atoms with Crippen LogP contribution < -0.4 is 0 Å². The molecule has 144 valence electrons. The summed E-state index contributed by atoms with van der Waals surface area (Å²) in [6, 6.07) is 0. The van der Waals surface area contributed by atoms with Crippen molar-refractivity contribution in [1.29, 1.82) is 0 Å². The van der Waals surface area contributed by atoms with Crippen LogP contribution in [0.3, 0.4) is 0 Å². The third-order valence-corrected chi connectivity index (χ3v) is 11.7. The smallest absolute Gasteiger partial charge is 0.465 e. The first-order valence-corrected chi connectivity index (χ1v) is 14.5. The van der Waals surface area contributed by atoms with Gasteiger partial charge in [-0.1, -0.05) is 0 Å². The molecule has 0 radical (unpaired) electrons. The van der Waals surface area contributed by atoms with E-state index in [1.54, 1.807) is 13.1 Å². The van der Waals surface area contributed by atoms with Crippen LogP contribution in [-0.2, 0) is 45.1 Å². The van der Waals surface area contributed by atoms with Crippen molar-refractivity contribution in [2.75, 3.05) is 0 Å². The molecule has 0 N–H and O–H groups in total. The molecular formula is C12H24O10Si3. The number of rotatable bonds is 8. The number of hydrogen-bond acceptors (Lipinski definition) is 10. The first kappa shape index (κ1) is 23.5. The molecule has 0 aliphatic carbocycles. The highest BCUT2D eigenvalue weighted by molar-refractivity contribution is 6.83. The van der Waals surface area contributed by atoms with E-state index in [0.717, 1.165) is 27.7 Å². The fourth-order valence-corrected chi connectivity index (χ4v) is 12.6. The molecule has 0 aromatic carbocycles. The Labute approximate surface area is 149 Å². The summed E-state index contributed by atoms with van der Waals surface area (Å²) in [6.07, 6.45) is 0. The van der Waals surface area contributed by atoms with Gasteiger partial charge in [0.15, 0.2) is 0 Å².